The molecule has 0 unspecified atom stereocenters. The van der Waals surface area contributed by atoms with Gasteiger partial charge in [0, 0.05) is 44.4 Å². The van der Waals surface area contributed by atoms with E-state index < -0.39 is 27.4 Å². The van der Waals surface area contributed by atoms with Crippen LogP contribution in [0.4, 0.5) is 14.9 Å². The number of aliphatic imine (C=N–C) groups is 1. The van der Waals surface area contributed by atoms with Crippen molar-refractivity contribution in [3.8, 4) is 0 Å². The third-order valence-electron chi connectivity index (χ3n) is 5.71. The number of ether oxygens (including phenoxy) is 2. The Hall–Kier alpha value is -3.08. The second-order valence-electron chi connectivity index (χ2n) is 9.59. The predicted octanol–water partition coefficient (Wildman–Crippen LogP) is 3.51. The molecule has 0 aromatic heterocycles. The molecule has 2 aliphatic rings. The van der Waals surface area contributed by atoms with Gasteiger partial charge in [0.25, 0.3) is 5.88 Å². The number of likely N-dealkylation sites (tertiary alicyclic amines) is 1. The van der Waals surface area contributed by atoms with Crippen LogP contribution in [0.3, 0.4) is 0 Å². The number of benzene rings is 1. The zero-order valence-electron chi connectivity index (χ0n) is 20.6. The highest BCUT2D eigenvalue weighted by Gasteiger charge is 2.30. The Balaban J connectivity index is 1.71. The molecule has 35 heavy (non-hydrogen) atoms. The molecule has 9 nitrogen and oxygen atoms in total. The molecule has 2 heterocycles. The molecule has 0 radical (unpaired) electrons. The van der Waals surface area contributed by atoms with Gasteiger partial charge in [-0.25, -0.2) is 18.2 Å². The van der Waals surface area contributed by atoms with E-state index in [-0.39, 0.29) is 22.6 Å². The summed E-state index contributed by atoms with van der Waals surface area (Å²) in [4.78, 5) is 19.6. The van der Waals surface area contributed by atoms with Crippen LogP contribution in [-0.4, -0.2) is 63.3 Å². The van der Waals surface area contributed by atoms with Crippen molar-refractivity contribution < 1.29 is 27.1 Å². The minimum Gasteiger partial charge on any atom is -0.472 e. The SMILES string of the molecule is C=C(/C(F)=C(\N=CN)OC1CCN(C(=O)OC(C)(C)C)CC1)N1CCc2cc(S(C)(=O)=O)ccc21. The standard InChI is InChI=1S/C24H33FN4O5S/c1-16(29-13-8-17-14-19(35(5,31)32)6-7-20(17)29)21(25)22(27-15-26)33-18-9-11-28(12-10-18)23(30)34-24(2,3)4/h6-7,14-15,18H,1,8-13H2,2-5H3,(H2,26,27)/b22-21-. The normalized spacial score (nSPS) is 17.9. The van der Waals surface area contributed by atoms with E-state index in [4.69, 9.17) is 15.2 Å². The van der Waals surface area contributed by atoms with Crippen molar-refractivity contribution >= 4 is 28.0 Å². The lowest BCUT2D eigenvalue weighted by Gasteiger charge is -2.33. The number of allylic oxidation sites excluding steroid dienone is 1. The Kier molecular flexibility index (Phi) is 7.78. The van der Waals surface area contributed by atoms with E-state index in [1.54, 1.807) is 21.9 Å². The fraction of sp³-hybridized carbons (Fsp3) is 0.500. The van der Waals surface area contributed by atoms with Crippen molar-refractivity contribution in [2.45, 2.75) is 56.6 Å². The van der Waals surface area contributed by atoms with Crippen LogP contribution >= 0.6 is 0 Å². The van der Waals surface area contributed by atoms with Gasteiger partial charge in [-0.1, -0.05) is 6.58 Å². The van der Waals surface area contributed by atoms with E-state index in [0.717, 1.165) is 18.2 Å². The first-order chi connectivity index (χ1) is 16.3. The monoisotopic (exact) mass is 508 g/mol. The first-order valence-corrected chi connectivity index (χ1v) is 13.3. The van der Waals surface area contributed by atoms with Crippen LogP contribution in [-0.2, 0) is 25.7 Å². The number of nitrogens with zero attached hydrogens (tertiary/aromatic N) is 3. The quantitative estimate of drug-likeness (QED) is 0.271. The Bertz CT molecular complexity index is 1150. The summed E-state index contributed by atoms with van der Waals surface area (Å²) in [7, 11) is -3.34. The molecule has 1 amide bonds. The van der Waals surface area contributed by atoms with Gasteiger partial charge in [0.05, 0.1) is 16.9 Å². The first-order valence-electron chi connectivity index (χ1n) is 11.4. The Morgan fingerprint density at radius 1 is 1.26 bits per heavy atom. The van der Waals surface area contributed by atoms with E-state index in [1.807, 2.05) is 20.8 Å². The predicted molar refractivity (Wildman–Crippen MR) is 132 cm³/mol. The number of hydrogen-bond donors (Lipinski definition) is 1. The molecule has 1 saturated heterocycles. The molecule has 1 aromatic carbocycles. The summed E-state index contributed by atoms with van der Waals surface area (Å²) in [5.41, 5.74) is 6.37. The van der Waals surface area contributed by atoms with E-state index in [0.29, 0.717) is 44.6 Å². The number of sulfone groups is 1. The highest BCUT2D eigenvalue weighted by Crippen LogP contribution is 2.36. The molecule has 192 valence electrons. The van der Waals surface area contributed by atoms with Crippen molar-refractivity contribution in [1.29, 1.82) is 0 Å². The zero-order chi connectivity index (χ0) is 26.0. The van der Waals surface area contributed by atoms with Crippen LogP contribution < -0.4 is 10.6 Å². The second kappa shape index (κ2) is 10.3. The van der Waals surface area contributed by atoms with Gasteiger partial charge >= 0.3 is 6.09 Å². The summed E-state index contributed by atoms with van der Waals surface area (Å²) in [5.74, 6) is -1.05. The highest BCUT2D eigenvalue weighted by atomic mass is 32.2. The molecule has 11 heteroatoms. The molecule has 3 rings (SSSR count). The summed E-state index contributed by atoms with van der Waals surface area (Å²) in [5, 5.41) is 0. The highest BCUT2D eigenvalue weighted by molar-refractivity contribution is 7.90. The molecule has 0 atom stereocenters. The average molecular weight is 509 g/mol. The van der Waals surface area contributed by atoms with Gasteiger partial charge < -0.3 is 25.0 Å². The minimum absolute atomic E-state index is 0.0441. The lowest BCUT2D eigenvalue weighted by Crippen LogP contribution is -2.43. The molecule has 1 fully saturated rings. The second-order valence-corrected chi connectivity index (χ2v) is 11.6. The summed E-state index contributed by atoms with van der Waals surface area (Å²) < 4.78 is 50.4. The maximum absolute atomic E-state index is 15.5. The summed E-state index contributed by atoms with van der Waals surface area (Å²) in [6.07, 6.45) is 2.84. The van der Waals surface area contributed by atoms with Gasteiger partial charge in [-0.05, 0) is 51.0 Å². The number of hydrogen-bond acceptors (Lipinski definition) is 7. The van der Waals surface area contributed by atoms with Gasteiger partial charge in [0.1, 0.15) is 11.7 Å². The number of fused-ring (bicyclic) bond motifs is 1. The lowest BCUT2D eigenvalue weighted by atomic mass is 10.1. The number of carbonyl (C=O) groups excluding carboxylic acids is 1. The van der Waals surface area contributed by atoms with Gasteiger partial charge in [0.15, 0.2) is 9.84 Å². The molecule has 1 aromatic rings. The molecular weight excluding hydrogens is 475 g/mol. The van der Waals surface area contributed by atoms with Crippen LogP contribution in [0.1, 0.15) is 39.2 Å². The van der Waals surface area contributed by atoms with Gasteiger partial charge in [-0.15, -0.1) is 0 Å². The summed E-state index contributed by atoms with van der Waals surface area (Å²) in [6.45, 7) is 10.6. The lowest BCUT2D eigenvalue weighted by molar-refractivity contribution is 0.00338. The number of rotatable bonds is 6. The minimum atomic E-state index is -3.34. The first kappa shape index (κ1) is 26.5. The fourth-order valence-electron chi connectivity index (χ4n) is 3.98. The Morgan fingerprint density at radius 3 is 2.49 bits per heavy atom. The number of piperidine rings is 1. The van der Waals surface area contributed by atoms with Crippen molar-refractivity contribution in [2.75, 3.05) is 30.8 Å². The molecule has 2 aliphatic heterocycles. The van der Waals surface area contributed by atoms with Crippen LogP contribution in [0.5, 0.6) is 0 Å². The average Bonchev–Trinajstić information content (AvgIpc) is 3.20. The van der Waals surface area contributed by atoms with Crippen molar-refractivity contribution in [1.82, 2.24) is 4.90 Å². The van der Waals surface area contributed by atoms with E-state index in [2.05, 4.69) is 11.6 Å². The topological polar surface area (TPSA) is 115 Å². The molecular formula is C24H33FN4O5S. The maximum atomic E-state index is 15.5. The van der Waals surface area contributed by atoms with Crippen LogP contribution in [0, 0.1) is 0 Å². The van der Waals surface area contributed by atoms with Gasteiger partial charge in [0.2, 0.25) is 5.83 Å². The van der Waals surface area contributed by atoms with Gasteiger partial charge in [-0.3, -0.25) is 0 Å². The van der Waals surface area contributed by atoms with Gasteiger partial charge in [-0.2, -0.15) is 4.39 Å². The largest absolute Gasteiger partial charge is 0.472 e. The smallest absolute Gasteiger partial charge is 0.410 e. The number of nitrogens with two attached hydrogens (primary N) is 1. The number of amides is 1. The molecule has 0 bridgehead atoms. The number of halogens is 1. The van der Waals surface area contributed by atoms with Crippen molar-refractivity contribution in [2.24, 2.45) is 10.7 Å². The molecule has 0 spiro atoms. The Morgan fingerprint density at radius 2 is 1.91 bits per heavy atom. The van der Waals surface area contributed by atoms with Crippen LogP contribution in [0.25, 0.3) is 0 Å². The van der Waals surface area contributed by atoms with Crippen molar-refractivity contribution in [3.63, 3.8) is 0 Å². The summed E-state index contributed by atoms with van der Waals surface area (Å²) >= 11 is 0. The summed E-state index contributed by atoms with van der Waals surface area (Å²) in [6, 6.07) is 4.75. The zero-order valence-corrected chi connectivity index (χ0v) is 21.4. The maximum Gasteiger partial charge on any atom is 0.410 e. The van der Waals surface area contributed by atoms with Crippen LogP contribution in [0.15, 0.2) is 52.1 Å². The van der Waals surface area contributed by atoms with E-state index >= 15 is 4.39 Å². The molecule has 0 saturated carbocycles. The fourth-order valence-corrected chi connectivity index (χ4v) is 4.65. The number of anilines is 1. The number of carbonyl (C=O) groups is 1. The third-order valence-corrected chi connectivity index (χ3v) is 6.82. The molecule has 2 N–H and O–H groups in total. The molecule has 0 aliphatic carbocycles. The van der Waals surface area contributed by atoms with E-state index in [1.165, 1.54) is 6.07 Å². The van der Waals surface area contributed by atoms with Crippen LogP contribution in [0.2, 0.25) is 0 Å². The Labute approximate surface area is 206 Å². The van der Waals surface area contributed by atoms with E-state index in [9.17, 15) is 13.2 Å². The third kappa shape index (κ3) is 6.53. The van der Waals surface area contributed by atoms with Crippen molar-refractivity contribution in [3.05, 3.63) is 47.7 Å².